The molecular weight excluding hydrogens is 360 g/mol. The van der Waals surface area contributed by atoms with Crippen LogP contribution in [0.4, 0.5) is 5.82 Å². The van der Waals surface area contributed by atoms with E-state index in [9.17, 15) is 4.79 Å². The third-order valence-electron chi connectivity index (χ3n) is 3.89. The molecule has 1 atom stereocenters. The lowest BCUT2D eigenvalue weighted by molar-refractivity contribution is 0.0957. The van der Waals surface area contributed by atoms with Gasteiger partial charge in [0.2, 0.25) is 0 Å². The fourth-order valence-electron chi connectivity index (χ4n) is 2.59. The van der Waals surface area contributed by atoms with Gasteiger partial charge in [0.25, 0.3) is 5.91 Å². The van der Waals surface area contributed by atoms with Crippen molar-refractivity contribution in [1.82, 2.24) is 15.3 Å². The van der Waals surface area contributed by atoms with Gasteiger partial charge >= 0.3 is 0 Å². The Bertz CT molecular complexity index is 913. The second kappa shape index (κ2) is 8.96. The molecule has 0 bridgehead atoms. The van der Waals surface area contributed by atoms with E-state index >= 15 is 0 Å². The molecule has 0 saturated carbocycles. The summed E-state index contributed by atoms with van der Waals surface area (Å²) in [6.07, 6.45) is 4.91. The molecule has 1 aromatic carbocycles. The molecule has 0 saturated heterocycles. The van der Waals surface area contributed by atoms with Gasteiger partial charge in [0.05, 0.1) is 17.3 Å². The molecule has 2 aromatic heterocycles. The second-order valence-electron chi connectivity index (χ2n) is 5.82. The van der Waals surface area contributed by atoms with Crippen LogP contribution in [-0.2, 0) is 0 Å². The molecule has 3 rings (SSSR count). The molecule has 0 fully saturated rings. The molecule has 0 spiro atoms. The van der Waals surface area contributed by atoms with Crippen molar-refractivity contribution < 1.29 is 4.79 Å². The minimum absolute atomic E-state index is 0.190. The summed E-state index contributed by atoms with van der Waals surface area (Å²) in [5.41, 5.74) is 2.30. The molecule has 2 heterocycles. The summed E-state index contributed by atoms with van der Waals surface area (Å²) >= 11 is 6.16. The van der Waals surface area contributed by atoms with E-state index in [-0.39, 0.29) is 11.9 Å². The zero-order valence-electron chi connectivity index (χ0n) is 14.6. The number of carbonyl (C=O) groups is 1. The standard InChI is InChI=1S/C21H19ClN4O/c1-2-11-24-21(27)16-9-10-19(25-14-16)26-20(18-8-3-4-12-23-18)15-6-5-7-17(22)13-15/h2-10,12-14,20H,1,11H2,(H,24,27)(H,25,26). The minimum atomic E-state index is -0.224. The van der Waals surface area contributed by atoms with Crippen molar-refractivity contribution >= 4 is 23.3 Å². The van der Waals surface area contributed by atoms with Crippen molar-refractivity contribution in [3.8, 4) is 0 Å². The molecule has 0 aliphatic rings. The summed E-state index contributed by atoms with van der Waals surface area (Å²) in [5.74, 6) is 0.441. The number of amides is 1. The van der Waals surface area contributed by atoms with E-state index in [0.29, 0.717) is 22.9 Å². The first-order valence-electron chi connectivity index (χ1n) is 8.45. The lowest BCUT2D eigenvalue weighted by atomic mass is 10.0. The van der Waals surface area contributed by atoms with E-state index in [1.807, 2.05) is 42.5 Å². The summed E-state index contributed by atoms with van der Waals surface area (Å²) in [4.78, 5) is 20.8. The van der Waals surface area contributed by atoms with Gasteiger partial charge < -0.3 is 10.6 Å². The molecule has 1 amide bonds. The van der Waals surface area contributed by atoms with E-state index < -0.39 is 0 Å². The number of benzene rings is 1. The van der Waals surface area contributed by atoms with Crippen molar-refractivity contribution in [2.24, 2.45) is 0 Å². The largest absolute Gasteiger partial charge is 0.358 e. The summed E-state index contributed by atoms with van der Waals surface area (Å²) in [6.45, 7) is 3.99. The quantitative estimate of drug-likeness (QED) is 0.603. The van der Waals surface area contributed by atoms with Crippen LogP contribution in [0.25, 0.3) is 0 Å². The molecule has 27 heavy (non-hydrogen) atoms. The topological polar surface area (TPSA) is 66.9 Å². The predicted molar refractivity (Wildman–Crippen MR) is 108 cm³/mol. The zero-order valence-corrected chi connectivity index (χ0v) is 15.4. The van der Waals surface area contributed by atoms with Crippen molar-refractivity contribution in [3.63, 3.8) is 0 Å². The van der Waals surface area contributed by atoms with Crippen LogP contribution in [0.2, 0.25) is 5.02 Å². The lowest BCUT2D eigenvalue weighted by Gasteiger charge is -2.20. The monoisotopic (exact) mass is 378 g/mol. The maximum absolute atomic E-state index is 12.0. The highest BCUT2D eigenvalue weighted by atomic mass is 35.5. The van der Waals surface area contributed by atoms with Crippen LogP contribution in [0.5, 0.6) is 0 Å². The maximum Gasteiger partial charge on any atom is 0.253 e. The Labute approximate surface area is 163 Å². The Kier molecular flexibility index (Phi) is 6.18. The fraction of sp³-hybridized carbons (Fsp3) is 0.0952. The van der Waals surface area contributed by atoms with E-state index in [2.05, 4.69) is 27.2 Å². The van der Waals surface area contributed by atoms with Gasteiger partial charge in [-0.25, -0.2) is 4.98 Å². The number of pyridine rings is 2. The van der Waals surface area contributed by atoms with Gasteiger partial charge in [0, 0.05) is 24.0 Å². The van der Waals surface area contributed by atoms with Gasteiger partial charge in [0.15, 0.2) is 0 Å². The molecule has 6 heteroatoms. The molecular formula is C21H19ClN4O. The second-order valence-corrected chi connectivity index (χ2v) is 6.25. The van der Waals surface area contributed by atoms with Crippen LogP contribution < -0.4 is 10.6 Å². The Morgan fingerprint density at radius 3 is 2.70 bits per heavy atom. The molecule has 0 aliphatic heterocycles. The van der Waals surface area contributed by atoms with Crippen LogP contribution in [0, 0.1) is 0 Å². The third-order valence-corrected chi connectivity index (χ3v) is 4.13. The number of nitrogens with zero attached hydrogens (tertiary/aromatic N) is 2. The highest BCUT2D eigenvalue weighted by molar-refractivity contribution is 6.30. The van der Waals surface area contributed by atoms with Crippen molar-refractivity contribution in [2.75, 3.05) is 11.9 Å². The average molecular weight is 379 g/mol. The smallest absolute Gasteiger partial charge is 0.253 e. The number of halogens is 1. The fourth-order valence-corrected chi connectivity index (χ4v) is 2.79. The number of hydrogen-bond donors (Lipinski definition) is 2. The first-order valence-corrected chi connectivity index (χ1v) is 8.83. The highest BCUT2D eigenvalue weighted by Gasteiger charge is 2.16. The van der Waals surface area contributed by atoms with Crippen LogP contribution in [0.3, 0.4) is 0 Å². The zero-order chi connectivity index (χ0) is 19.1. The van der Waals surface area contributed by atoms with Crippen molar-refractivity contribution in [1.29, 1.82) is 0 Å². The summed E-state index contributed by atoms with van der Waals surface area (Å²) < 4.78 is 0. The summed E-state index contributed by atoms with van der Waals surface area (Å²) in [7, 11) is 0. The van der Waals surface area contributed by atoms with Crippen molar-refractivity contribution in [3.05, 3.63) is 101 Å². The van der Waals surface area contributed by atoms with Gasteiger partial charge in [-0.2, -0.15) is 0 Å². The van der Waals surface area contributed by atoms with E-state index in [1.165, 1.54) is 6.20 Å². The van der Waals surface area contributed by atoms with Crippen LogP contribution in [0.1, 0.15) is 27.7 Å². The van der Waals surface area contributed by atoms with Crippen molar-refractivity contribution in [2.45, 2.75) is 6.04 Å². The summed E-state index contributed by atoms with van der Waals surface area (Å²) in [6, 6.07) is 16.6. The number of nitrogens with one attached hydrogen (secondary N) is 2. The van der Waals surface area contributed by atoms with Gasteiger partial charge in [-0.15, -0.1) is 6.58 Å². The summed E-state index contributed by atoms with van der Waals surface area (Å²) in [5, 5.41) is 6.74. The van der Waals surface area contributed by atoms with Crippen LogP contribution in [0.15, 0.2) is 79.6 Å². The first kappa shape index (κ1) is 18.6. The van der Waals surface area contributed by atoms with Gasteiger partial charge in [-0.05, 0) is 42.0 Å². The Hall–Kier alpha value is -3.18. The van der Waals surface area contributed by atoms with E-state index in [4.69, 9.17) is 11.6 Å². The molecule has 5 nitrogen and oxygen atoms in total. The molecule has 3 aromatic rings. The number of hydrogen-bond acceptors (Lipinski definition) is 4. The molecule has 2 N–H and O–H groups in total. The third kappa shape index (κ3) is 4.92. The molecule has 0 aliphatic carbocycles. The Morgan fingerprint density at radius 1 is 1.15 bits per heavy atom. The Morgan fingerprint density at radius 2 is 2.04 bits per heavy atom. The Balaban J connectivity index is 1.84. The van der Waals surface area contributed by atoms with E-state index in [1.54, 1.807) is 24.4 Å². The SMILES string of the molecule is C=CCNC(=O)c1ccc(NC(c2cccc(Cl)c2)c2ccccn2)nc1. The first-order chi connectivity index (χ1) is 13.2. The number of anilines is 1. The van der Waals surface area contributed by atoms with Crippen LogP contribution >= 0.6 is 11.6 Å². The maximum atomic E-state index is 12.0. The highest BCUT2D eigenvalue weighted by Crippen LogP contribution is 2.26. The lowest BCUT2D eigenvalue weighted by Crippen LogP contribution is -2.23. The number of aromatic nitrogens is 2. The van der Waals surface area contributed by atoms with E-state index in [0.717, 1.165) is 11.3 Å². The normalized spacial score (nSPS) is 11.4. The average Bonchev–Trinajstić information content (AvgIpc) is 2.71. The molecule has 0 radical (unpaired) electrons. The van der Waals surface area contributed by atoms with Gasteiger partial charge in [0.1, 0.15) is 5.82 Å². The number of rotatable bonds is 7. The van der Waals surface area contributed by atoms with Gasteiger partial charge in [-0.1, -0.05) is 35.9 Å². The van der Waals surface area contributed by atoms with Gasteiger partial charge in [-0.3, -0.25) is 9.78 Å². The minimum Gasteiger partial charge on any atom is -0.358 e. The number of carbonyl (C=O) groups excluding carboxylic acids is 1. The van der Waals surface area contributed by atoms with Crippen LogP contribution in [-0.4, -0.2) is 22.4 Å². The molecule has 1 unspecified atom stereocenters. The molecule has 136 valence electrons. The predicted octanol–water partition coefficient (Wildman–Crippen LogP) is 4.25.